The van der Waals surface area contributed by atoms with Crippen LogP contribution >= 0.6 is 15.9 Å². The summed E-state index contributed by atoms with van der Waals surface area (Å²) >= 11 is 3.56. The standard InChI is InChI=1S/C21H19BrFN3O2/c1-13-2-4-19(17(22)10-13)25-20-15-11-14(23)3-5-18(15)24-12-16(20)21(27)26-6-8-28-9-7-26/h2-5,10-12H,6-9H2,1H3,(H,24,25). The fourth-order valence-electron chi connectivity index (χ4n) is 3.25. The number of carbonyl (C=O) groups is 1. The fourth-order valence-corrected chi connectivity index (χ4v) is 3.85. The molecule has 1 saturated heterocycles. The molecule has 0 atom stereocenters. The van der Waals surface area contributed by atoms with Gasteiger partial charge in [0.25, 0.3) is 5.91 Å². The Kier molecular flexibility index (Phi) is 5.28. The normalized spacial score (nSPS) is 14.3. The van der Waals surface area contributed by atoms with Crippen LogP contribution in [0.4, 0.5) is 15.8 Å². The summed E-state index contributed by atoms with van der Waals surface area (Å²) in [5, 5.41) is 3.89. The molecule has 1 fully saturated rings. The molecule has 1 aliphatic rings. The molecule has 28 heavy (non-hydrogen) atoms. The van der Waals surface area contributed by atoms with Gasteiger partial charge in [-0.05, 0) is 58.7 Å². The first-order valence-corrected chi connectivity index (χ1v) is 9.81. The number of halogens is 2. The van der Waals surface area contributed by atoms with Gasteiger partial charge >= 0.3 is 0 Å². The summed E-state index contributed by atoms with van der Waals surface area (Å²) in [7, 11) is 0. The third-order valence-electron chi connectivity index (χ3n) is 4.74. The SMILES string of the molecule is Cc1ccc(Nc2c(C(=O)N3CCOCC3)cnc3ccc(F)cc23)c(Br)c1. The van der Waals surface area contributed by atoms with Gasteiger partial charge in [0, 0.05) is 29.1 Å². The van der Waals surface area contributed by atoms with Crippen molar-refractivity contribution >= 4 is 44.1 Å². The van der Waals surface area contributed by atoms with Crippen molar-refractivity contribution in [2.24, 2.45) is 0 Å². The molecule has 0 radical (unpaired) electrons. The molecular weight excluding hydrogens is 425 g/mol. The zero-order chi connectivity index (χ0) is 19.7. The first-order valence-electron chi connectivity index (χ1n) is 9.01. The number of rotatable bonds is 3. The predicted octanol–water partition coefficient (Wildman–Crippen LogP) is 4.66. The lowest BCUT2D eigenvalue weighted by Gasteiger charge is -2.28. The molecule has 0 saturated carbocycles. The molecule has 2 heterocycles. The van der Waals surface area contributed by atoms with Crippen LogP contribution in [-0.2, 0) is 4.74 Å². The lowest BCUT2D eigenvalue weighted by Crippen LogP contribution is -2.41. The lowest BCUT2D eigenvalue weighted by atomic mass is 10.1. The number of amides is 1. The van der Waals surface area contributed by atoms with Crippen LogP contribution < -0.4 is 5.32 Å². The van der Waals surface area contributed by atoms with Crippen LogP contribution in [0.5, 0.6) is 0 Å². The van der Waals surface area contributed by atoms with Gasteiger partial charge in [-0.1, -0.05) is 6.07 Å². The number of pyridine rings is 1. The number of benzene rings is 2. The number of morpholine rings is 1. The van der Waals surface area contributed by atoms with Crippen molar-refractivity contribution < 1.29 is 13.9 Å². The monoisotopic (exact) mass is 443 g/mol. The summed E-state index contributed by atoms with van der Waals surface area (Å²) in [6.07, 6.45) is 1.56. The van der Waals surface area contributed by atoms with E-state index in [0.29, 0.717) is 48.5 Å². The molecule has 1 amide bonds. The van der Waals surface area contributed by atoms with E-state index in [4.69, 9.17) is 4.74 Å². The second kappa shape index (κ2) is 7.85. The maximum atomic E-state index is 14.0. The van der Waals surface area contributed by atoms with E-state index in [-0.39, 0.29) is 11.7 Å². The van der Waals surface area contributed by atoms with Crippen LogP contribution in [0.1, 0.15) is 15.9 Å². The Morgan fingerprint density at radius 3 is 2.75 bits per heavy atom. The summed E-state index contributed by atoms with van der Waals surface area (Å²) in [6, 6.07) is 10.3. The first-order chi connectivity index (χ1) is 13.5. The van der Waals surface area contributed by atoms with Crippen molar-refractivity contribution in [1.29, 1.82) is 0 Å². The Morgan fingerprint density at radius 2 is 2.00 bits per heavy atom. The quantitative estimate of drug-likeness (QED) is 0.639. The van der Waals surface area contributed by atoms with Crippen LogP contribution in [0.15, 0.2) is 47.1 Å². The Hall–Kier alpha value is -2.51. The van der Waals surface area contributed by atoms with E-state index in [9.17, 15) is 9.18 Å². The Bertz CT molecular complexity index is 1050. The van der Waals surface area contributed by atoms with Crippen molar-refractivity contribution in [3.63, 3.8) is 0 Å². The van der Waals surface area contributed by atoms with E-state index < -0.39 is 0 Å². The molecule has 1 aromatic heterocycles. The highest BCUT2D eigenvalue weighted by Gasteiger charge is 2.23. The minimum absolute atomic E-state index is 0.146. The summed E-state index contributed by atoms with van der Waals surface area (Å²) in [5.74, 6) is -0.524. The highest BCUT2D eigenvalue weighted by Crippen LogP contribution is 2.33. The largest absolute Gasteiger partial charge is 0.378 e. The topological polar surface area (TPSA) is 54.5 Å². The number of ether oxygens (including phenoxy) is 1. The van der Waals surface area contributed by atoms with E-state index >= 15 is 0 Å². The van der Waals surface area contributed by atoms with Crippen LogP contribution in [-0.4, -0.2) is 42.1 Å². The number of fused-ring (bicyclic) bond motifs is 1. The second-order valence-electron chi connectivity index (χ2n) is 6.72. The highest BCUT2D eigenvalue weighted by atomic mass is 79.9. The Morgan fingerprint density at radius 1 is 1.21 bits per heavy atom. The smallest absolute Gasteiger partial charge is 0.257 e. The molecule has 3 aromatic rings. The average molecular weight is 444 g/mol. The van der Waals surface area contributed by atoms with Gasteiger partial charge in [-0.2, -0.15) is 0 Å². The zero-order valence-electron chi connectivity index (χ0n) is 15.3. The second-order valence-corrected chi connectivity index (χ2v) is 7.58. The van der Waals surface area contributed by atoms with Crippen LogP contribution in [0.25, 0.3) is 10.9 Å². The predicted molar refractivity (Wildman–Crippen MR) is 111 cm³/mol. The van der Waals surface area contributed by atoms with E-state index in [0.717, 1.165) is 15.7 Å². The van der Waals surface area contributed by atoms with Gasteiger partial charge in [-0.15, -0.1) is 0 Å². The van der Waals surface area contributed by atoms with Crippen molar-refractivity contribution in [2.75, 3.05) is 31.6 Å². The average Bonchev–Trinajstić information content (AvgIpc) is 2.70. The molecule has 144 valence electrons. The van der Waals surface area contributed by atoms with Crippen LogP contribution in [0, 0.1) is 12.7 Å². The zero-order valence-corrected chi connectivity index (χ0v) is 16.9. The number of hydrogen-bond donors (Lipinski definition) is 1. The first kappa shape index (κ1) is 18.8. The molecular formula is C21H19BrFN3O2. The van der Waals surface area contributed by atoms with Gasteiger partial charge in [-0.25, -0.2) is 4.39 Å². The van der Waals surface area contributed by atoms with E-state index in [2.05, 4.69) is 26.2 Å². The minimum Gasteiger partial charge on any atom is -0.378 e. The highest BCUT2D eigenvalue weighted by molar-refractivity contribution is 9.10. The summed E-state index contributed by atoms with van der Waals surface area (Å²) in [5.41, 5.74) is 3.47. The van der Waals surface area contributed by atoms with E-state index in [1.165, 1.54) is 12.1 Å². The van der Waals surface area contributed by atoms with Crippen molar-refractivity contribution in [2.45, 2.75) is 6.92 Å². The number of nitrogens with zero attached hydrogens (tertiary/aromatic N) is 2. The molecule has 0 unspecified atom stereocenters. The molecule has 0 spiro atoms. The molecule has 7 heteroatoms. The molecule has 4 rings (SSSR count). The molecule has 1 N–H and O–H groups in total. The van der Waals surface area contributed by atoms with Gasteiger partial charge in [0.2, 0.25) is 0 Å². The van der Waals surface area contributed by atoms with Gasteiger partial charge in [0.15, 0.2) is 0 Å². The number of carbonyl (C=O) groups excluding carboxylic acids is 1. The number of aromatic nitrogens is 1. The molecule has 1 aliphatic heterocycles. The van der Waals surface area contributed by atoms with Gasteiger partial charge in [0.05, 0.1) is 35.7 Å². The van der Waals surface area contributed by atoms with Gasteiger partial charge in [-0.3, -0.25) is 9.78 Å². The molecule has 0 bridgehead atoms. The minimum atomic E-state index is -0.378. The molecule has 0 aliphatic carbocycles. The third kappa shape index (κ3) is 3.72. The van der Waals surface area contributed by atoms with Gasteiger partial charge in [0.1, 0.15) is 5.82 Å². The van der Waals surface area contributed by atoms with E-state index in [1.54, 1.807) is 17.2 Å². The maximum Gasteiger partial charge on any atom is 0.257 e. The third-order valence-corrected chi connectivity index (χ3v) is 5.40. The molecule has 5 nitrogen and oxygen atoms in total. The van der Waals surface area contributed by atoms with E-state index in [1.807, 2.05) is 25.1 Å². The van der Waals surface area contributed by atoms with Crippen LogP contribution in [0.2, 0.25) is 0 Å². The number of nitrogens with one attached hydrogen (secondary N) is 1. The number of aryl methyl sites for hydroxylation is 1. The van der Waals surface area contributed by atoms with Gasteiger partial charge < -0.3 is 15.0 Å². The summed E-state index contributed by atoms with van der Waals surface area (Å²) in [6.45, 7) is 4.06. The fraction of sp³-hybridized carbons (Fsp3) is 0.238. The Labute approximate surface area is 170 Å². The van der Waals surface area contributed by atoms with Crippen molar-refractivity contribution in [3.05, 3.63) is 64.0 Å². The Balaban J connectivity index is 1.84. The van der Waals surface area contributed by atoms with Crippen LogP contribution in [0.3, 0.4) is 0 Å². The van der Waals surface area contributed by atoms with Crippen molar-refractivity contribution in [1.82, 2.24) is 9.88 Å². The number of hydrogen-bond acceptors (Lipinski definition) is 4. The number of anilines is 2. The molecule has 2 aromatic carbocycles. The summed E-state index contributed by atoms with van der Waals surface area (Å²) < 4.78 is 20.2. The maximum absolute atomic E-state index is 14.0. The summed E-state index contributed by atoms with van der Waals surface area (Å²) in [4.78, 5) is 19.3. The lowest BCUT2D eigenvalue weighted by molar-refractivity contribution is 0.0303. The van der Waals surface area contributed by atoms with Crippen molar-refractivity contribution in [3.8, 4) is 0 Å².